The Bertz CT molecular complexity index is 641. The number of ether oxygens (including phenoxy) is 1. The lowest BCUT2D eigenvalue weighted by Gasteiger charge is -2.48. The summed E-state index contributed by atoms with van der Waals surface area (Å²) in [5.74, 6) is 0.301. The highest BCUT2D eigenvalue weighted by molar-refractivity contribution is 5.84. The van der Waals surface area contributed by atoms with Gasteiger partial charge in [-0.25, -0.2) is 14.8 Å². The first-order valence-corrected chi connectivity index (χ1v) is 8.57. The molecule has 1 N–H and O–H groups in total. The van der Waals surface area contributed by atoms with E-state index in [2.05, 4.69) is 14.9 Å². The van der Waals surface area contributed by atoms with Crippen molar-refractivity contribution in [3.63, 3.8) is 0 Å². The molecule has 1 atom stereocenters. The van der Waals surface area contributed by atoms with Crippen molar-refractivity contribution in [2.24, 2.45) is 5.41 Å². The van der Waals surface area contributed by atoms with E-state index in [1.165, 1.54) is 4.90 Å². The predicted octanol–water partition coefficient (Wildman–Crippen LogP) is 1.17. The van der Waals surface area contributed by atoms with Gasteiger partial charge in [0, 0.05) is 26.1 Å². The Balaban J connectivity index is 1.65. The molecule has 2 aliphatic rings. The lowest BCUT2D eigenvalue weighted by atomic mass is 9.72. The minimum atomic E-state index is -0.950. The molecule has 136 valence electrons. The molecule has 8 nitrogen and oxygen atoms in total. The van der Waals surface area contributed by atoms with E-state index in [1.807, 2.05) is 0 Å². The van der Waals surface area contributed by atoms with Crippen LogP contribution in [0.2, 0.25) is 0 Å². The summed E-state index contributed by atoms with van der Waals surface area (Å²) in [5, 5.41) is 9.24. The molecule has 25 heavy (non-hydrogen) atoms. The van der Waals surface area contributed by atoms with Gasteiger partial charge >= 0.3 is 5.97 Å². The van der Waals surface area contributed by atoms with Gasteiger partial charge in [-0.05, 0) is 31.6 Å². The van der Waals surface area contributed by atoms with E-state index in [4.69, 9.17) is 4.74 Å². The molecule has 0 aliphatic carbocycles. The van der Waals surface area contributed by atoms with Gasteiger partial charge in [-0.2, -0.15) is 0 Å². The number of carbonyl (C=O) groups is 2. The van der Waals surface area contributed by atoms with Gasteiger partial charge in [0.1, 0.15) is 6.04 Å². The first-order chi connectivity index (χ1) is 11.9. The zero-order valence-electron chi connectivity index (χ0n) is 14.6. The molecule has 2 saturated heterocycles. The lowest BCUT2D eigenvalue weighted by molar-refractivity contribution is -0.154. The molecule has 0 radical (unpaired) electrons. The van der Waals surface area contributed by atoms with Gasteiger partial charge in [0.2, 0.25) is 11.9 Å². The summed E-state index contributed by atoms with van der Waals surface area (Å²) in [6, 6.07) is -0.771. The molecule has 1 aromatic heterocycles. The third-order valence-electron chi connectivity index (χ3n) is 5.48. The molecule has 1 amide bonds. The quantitative estimate of drug-likeness (QED) is 0.872. The van der Waals surface area contributed by atoms with E-state index in [-0.39, 0.29) is 11.3 Å². The SMILES string of the molecule is COc1cnc(N2CCC3(CCC(=O)N(C(C)C(=O)O)C3)CC2)nc1. The van der Waals surface area contributed by atoms with Crippen molar-refractivity contribution >= 4 is 17.8 Å². The fourth-order valence-corrected chi connectivity index (χ4v) is 3.70. The third-order valence-corrected chi connectivity index (χ3v) is 5.48. The van der Waals surface area contributed by atoms with E-state index in [0.29, 0.717) is 24.7 Å². The van der Waals surface area contributed by atoms with Crippen LogP contribution in [0.15, 0.2) is 12.4 Å². The second kappa shape index (κ2) is 6.85. The van der Waals surface area contributed by atoms with E-state index in [0.717, 1.165) is 32.4 Å². The second-order valence-electron chi connectivity index (χ2n) is 6.95. The van der Waals surface area contributed by atoms with Gasteiger partial charge < -0.3 is 19.6 Å². The lowest BCUT2D eigenvalue weighted by Crippen LogP contribution is -2.55. The number of rotatable bonds is 4. The molecular weight excluding hydrogens is 324 g/mol. The summed E-state index contributed by atoms with van der Waals surface area (Å²) in [6.45, 7) is 3.71. The number of carboxylic acids is 1. The number of amides is 1. The number of piperidine rings is 2. The zero-order chi connectivity index (χ0) is 18.0. The van der Waals surface area contributed by atoms with Gasteiger partial charge in [0.05, 0.1) is 19.5 Å². The average Bonchev–Trinajstić information content (AvgIpc) is 2.64. The summed E-state index contributed by atoms with van der Waals surface area (Å²) in [6.07, 6.45) is 6.37. The van der Waals surface area contributed by atoms with E-state index < -0.39 is 12.0 Å². The molecule has 2 fully saturated rings. The maximum atomic E-state index is 12.1. The van der Waals surface area contributed by atoms with Gasteiger partial charge in [-0.15, -0.1) is 0 Å². The third kappa shape index (κ3) is 3.52. The molecule has 0 aromatic carbocycles. The van der Waals surface area contributed by atoms with Crippen molar-refractivity contribution in [2.45, 2.75) is 38.6 Å². The van der Waals surface area contributed by atoms with Crippen LogP contribution in [-0.4, -0.2) is 64.6 Å². The minimum Gasteiger partial charge on any atom is -0.494 e. The zero-order valence-corrected chi connectivity index (χ0v) is 14.6. The summed E-state index contributed by atoms with van der Waals surface area (Å²) in [7, 11) is 1.58. The van der Waals surface area contributed by atoms with Crippen LogP contribution in [0.25, 0.3) is 0 Å². The number of anilines is 1. The minimum absolute atomic E-state index is 0.000586. The highest BCUT2D eigenvalue weighted by Gasteiger charge is 2.43. The monoisotopic (exact) mass is 348 g/mol. The number of hydrogen-bond acceptors (Lipinski definition) is 6. The van der Waals surface area contributed by atoms with Crippen LogP contribution in [-0.2, 0) is 9.59 Å². The maximum Gasteiger partial charge on any atom is 0.326 e. The van der Waals surface area contributed by atoms with Crippen molar-refractivity contribution < 1.29 is 19.4 Å². The summed E-state index contributed by atoms with van der Waals surface area (Å²) in [5.41, 5.74) is 0.000586. The largest absolute Gasteiger partial charge is 0.494 e. The topological polar surface area (TPSA) is 95.9 Å². The smallest absolute Gasteiger partial charge is 0.326 e. The summed E-state index contributed by atoms with van der Waals surface area (Å²) in [4.78, 5) is 35.7. The number of carbonyl (C=O) groups excluding carboxylic acids is 1. The van der Waals surface area contributed by atoms with Crippen molar-refractivity contribution in [1.82, 2.24) is 14.9 Å². The molecule has 1 spiro atoms. The molecule has 1 aromatic rings. The average molecular weight is 348 g/mol. The Kier molecular flexibility index (Phi) is 4.78. The number of likely N-dealkylation sites (tertiary alicyclic amines) is 1. The van der Waals surface area contributed by atoms with Gasteiger partial charge in [-0.1, -0.05) is 0 Å². The van der Waals surface area contributed by atoms with Gasteiger partial charge in [0.15, 0.2) is 5.75 Å². The molecule has 0 saturated carbocycles. The number of carboxylic acid groups (broad SMARTS) is 1. The fourth-order valence-electron chi connectivity index (χ4n) is 3.70. The molecule has 2 aliphatic heterocycles. The maximum absolute atomic E-state index is 12.1. The van der Waals surface area contributed by atoms with E-state index in [9.17, 15) is 14.7 Å². The van der Waals surface area contributed by atoms with Crippen LogP contribution in [0.1, 0.15) is 32.6 Å². The van der Waals surface area contributed by atoms with E-state index in [1.54, 1.807) is 26.4 Å². The van der Waals surface area contributed by atoms with Gasteiger partial charge in [0.25, 0.3) is 0 Å². The summed E-state index contributed by atoms with van der Waals surface area (Å²) < 4.78 is 5.08. The highest BCUT2D eigenvalue weighted by Crippen LogP contribution is 2.41. The molecule has 3 rings (SSSR count). The first kappa shape index (κ1) is 17.4. The van der Waals surface area contributed by atoms with Crippen LogP contribution in [0, 0.1) is 5.41 Å². The fraction of sp³-hybridized carbons (Fsp3) is 0.647. The number of nitrogens with zero attached hydrogens (tertiary/aromatic N) is 4. The second-order valence-corrected chi connectivity index (χ2v) is 6.95. The van der Waals surface area contributed by atoms with Crippen LogP contribution in [0.5, 0.6) is 5.75 Å². The van der Waals surface area contributed by atoms with Crippen molar-refractivity contribution in [3.05, 3.63) is 12.4 Å². The molecule has 8 heteroatoms. The number of aliphatic carboxylic acids is 1. The number of aromatic nitrogens is 2. The van der Waals surface area contributed by atoms with E-state index >= 15 is 0 Å². The normalized spacial score (nSPS) is 21.3. The standard InChI is InChI=1S/C17H24N4O4/c1-12(15(23)24)21-11-17(4-3-14(21)22)5-7-20(8-6-17)16-18-9-13(25-2)10-19-16/h9-10,12H,3-8,11H2,1-2H3,(H,23,24). The molecule has 3 heterocycles. The van der Waals surface area contributed by atoms with Crippen LogP contribution < -0.4 is 9.64 Å². The van der Waals surface area contributed by atoms with Crippen LogP contribution >= 0.6 is 0 Å². The van der Waals surface area contributed by atoms with Crippen molar-refractivity contribution in [3.8, 4) is 5.75 Å². The predicted molar refractivity (Wildman–Crippen MR) is 90.5 cm³/mol. The first-order valence-electron chi connectivity index (χ1n) is 8.57. The Morgan fingerprint density at radius 2 is 1.92 bits per heavy atom. The number of hydrogen-bond donors (Lipinski definition) is 1. The van der Waals surface area contributed by atoms with Crippen LogP contribution in [0.4, 0.5) is 5.95 Å². The van der Waals surface area contributed by atoms with Gasteiger partial charge in [-0.3, -0.25) is 4.79 Å². The van der Waals surface area contributed by atoms with Crippen molar-refractivity contribution in [2.75, 3.05) is 31.6 Å². The van der Waals surface area contributed by atoms with Crippen molar-refractivity contribution in [1.29, 1.82) is 0 Å². The Labute approximate surface area is 146 Å². The number of methoxy groups -OCH3 is 1. The van der Waals surface area contributed by atoms with Crippen LogP contribution in [0.3, 0.4) is 0 Å². The molecular formula is C17H24N4O4. The highest BCUT2D eigenvalue weighted by atomic mass is 16.5. The molecule has 1 unspecified atom stereocenters. The Morgan fingerprint density at radius 1 is 1.28 bits per heavy atom. The Hall–Kier alpha value is -2.38. The Morgan fingerprint density at radius 3 is 2.48 bits per heavy atom. The molecule has 0 bridgehead atoms. The summed E-state index contributed by atoms with van der Waals surface area (Å²) >= 11 is 0.